The first-order chi connectivity index (χ1) is 14.2. The Morgan fingerprint density at radius 3 is 2.48 bits per heavy atom. The topological polar surface area (TPSA) is 45.9 Å². The van der Waals surface area contributed by atoms with Gasteiger partial charge in [0.25, 0.3) is 0 Å². The smallest absolute Gasteiger partial charge is 0.155 e. The number of hydrogen-bond donors (Lipinski definition) is 0. The lowest BCUT2D eigenvalue weighted by atomic mass is 9.96. The number of ether oxygens (including phenoxy) is 1. The molecule has 152 valence electrons. The molecular formula is C22H26FN5O. The van der Waals surface area contributed by atoms with Gasteiger partial charge in [0.1, 0.15) is 5.82 Å². The van der Waals surface area contributed by atoms with E-state index in [1.54, 1.807) is 0 Å². The van der Waals surface area contributed by atoms with Crippen molar-refractivity contribution in [3.8, 4) is 0 Å². The quantitative estimate of drug-likeness (QED) is 0.679. The number of halogens is 1. The zero-order chi connectivity index (χ0) is 19.6. The van der Waals surface area contributed by atoms with Gasteiger partial charge in [0.05, 0.1) is 25.1 Å². The summed E-state index contributed by atoms with van der Waals surface area (Å²) in [5, 5.41) is 4.80. The molecule has 0 aliphatic carbocycles. The molecule has 2 aliphatic heterocycles. The summed E-state index contributed by atoms with van der Waals surface area (Å²) in [6, 6.07) is 11.0. The van der Waals surface area contributed by atoms with Crippen molar-refractivity contribution in [1.29, 1.82) is 0 Å². The van der Waals surface area contributed by atoms with Crippen LogP contribution in [0.25, 0.3) is 5.65 Å². The predicted molar refractivity (Wildman–Crippen MR) is 110 cm³/mol. The Balaban J connectivity index is 1.23. The number of nitrogens with zero attached hydrogens (tertiary/aromatic N) is 5. The first-order valence-corrected chi connectivity index (χ1v) is 10.4. The van der Waals surface area contributed by atoms with Crippen LogP contribution in [-0.2, 0) is 11.3 Å². The van der Waals surface area contributed by atoms with Crippen molar-refractivity contribution in [1.82, 2.24) is 19.5 Å². The summed E-state index contributed by atoms with van der Waals surface area (Å²) in [6.07, 6.45) is 4.18. The summed E-state index contributed by atoms with van der Waals surface area (Å²) in [5.74, 6) is 1.17. The van der Waals surface area contributed by atoms with E-state index < -0.39 is 0 Å². The van der Waals surface area contributed by atoms with Gasteiger partial charge in [-0.3, -0.25) is 4.90 Å². The van der Waals surface area contributed by atoms with Crippen molar-refractivity contribution in [3.05, 3.63) is 59.8 Å². The highest BCUT2D eigenvalue weighted by Gasteiger charge is 2.24. The van der Waals surface area contributed by atoms with E-state index in [1.807, 2.05) is 16.6 Å². The summed E-state index contributed by atoms with van der Waals surface area (Å²) in [4.78, 5) is 9.55. The second-order valence-electron chi connectivity index (χ2n) is 7.94. The number of fused-ring (bicyclic) bond motifs is 1. The van der Waals surface area contributed by atoms with Gasteiger partial charge in [-0.05, 0) is 55.8 Å². The molecule has 0 spiro atoms. The molecule has 0 radical (unpaired) electrons. The molecule has 7 heteroatoms. The largest absolute Gasteiger partial charge is 0.378 e. The van der Waals surface area contributed by atoms with E-state index in [0.29, 0.717) is 5.92 Å². The number of hydrogen-bond acceptors (Lipinski definition) is 5. The third-order valence-electron chi connectivity index (χ3n) is 5.98. The molecule has 0 atom stereocenters. The summed E-state index contributed by atoms with van der Waals surface area (Å²) in [5.41, 5.74) is 3.24. The van der Waals surface area contributed by atoms with Crippen LogP contribution >= 0.6 is 0 Å². The number of pyridine rings is 1. The molecule has 2 aromatic heterocycles. The van der Waals surface area contributed by atoms with E-state index in [2.05, 4.69) is 28.1 Å². The number of anilines is 1. The number of rotatable bonds is 4. The Bertz CT molecular complexity index is 959. The van der Waals surface area contributed by atoms with Crippen LogP contribution in [-0.4, -0.2) is 58.9 Å². The Morgan fingerprint density at radius 1 is 0.966 bits per heavy atom. The molecular weight excluding hydrogens is 369 g/mol. The Labute approximate surface area is 169 Å². The molecule has 29 heavy (non-hydrogen) atoms. The first kappa shape index (κ1) is 18.5. The zero-order valence-corrected chi connectivity index (χ0v) is 16.5. The molecule has 6 nitrogen and oxygen atoms in total. The zero-order valence-electron chi connectivity index (χ0n) is 16.5. The van der Waals surface area contributed by atoms with Gasteiger partial charge in [-0.2, -0.15) is 5.10 Å². The van der Waals surface area contributed by atoms with Crippen LogP contribution in [0.15, 0.2) is 42.6 Å². The van der Waals surface area contributed by atoms with Gasteiger partial charge in [-0.25, -0.2) is 13.9 Å². The molecule has 4 heterocycles. The van der Waals surface area contributed by atoms with Crippen molar-refractivity contribution in [2.75, 3.05) is 44.3 Å². The van der Waals surface area contributed by atoms with Crippen molar-refractivity contribution in [2.45, 2.75) is 25.3 Å². The minimum atomic E-state index is -0.179. The maximum Gasteiger partial charge on any atom is 0.155 e. The predicted octanol–water partition coefficient (Wildman–Crippen LogP) is 3.08. The lowest BCUT2D eigenvalue weighted by Gasteiger charge is -2.30. The minimum absolute atomic E-state index is 0.179. The third-order valence-corrected chi connectivity index (χ3v) is 5.98. The van der Waals surface area contributed by atoms with Crippen molar-refractivity contribution in [2.24, 2.45) is 0 Å². The molecule has 2 fully saturated rings. The highest BCUT2D eigenvalue weighted by atomic mass is 19.1. The summed E-state index contributed by atoms with van der Waals surface area (Å²) in [7, 11) is 0. The second kappa shape index (κ2) is 8.08. The van der Waals surface area contributed by atoms with Crippen LogP contribution in [0.5, 0.6) is 0 Å². The lowest BCUT2D eigenvalue weighted by Crippen LogP contribution is -2.36. The minimum Gasteiger partial charge on any atom is -0.378 e. The summed E-state index contributed by atoms with van der Waals surface area (Å²) in [6.45, 7) is 6.27. The average Bonchev–Trinajstić information content (AvgIpc) is 3.20. The van der Waals surface area contributed by atoms with Crippen molar-refractivity contribution >= 4 is 11.3 Å². The first-order valence-electron chi connectivity index (χ1n) is 10.4. The third kappa shape index (κ3) is 4.11. The van der Waals surface area contributed by atoms with E-state index >= 15 is 0 Å². The van der Waals surface area contributed by atoms with Gasteiger partial charge < -0.3 is 9.64 Å². The molecule has 0 saturated carbocycles. The van der Waals surface area contributed by atoms with Gasteiger partial charge in [0.2, 0.25) is 0 Å². The Morgan fingerprint density at radius 2 is 1.72 bits per heavy atom. The van der Waals surface area contributed by atoms with E-state index in [9.17, 15) is 4.39 Å². The normalized spacial score (nSPS) is 19.1. The van der Waals surface area contributed by atoms with Crippen LogP contribution in [0.1, 0.15) is 30.1 Å². The highest BCUT2D eigenvalue weighted by Crippen LogP contribution is 2.27. The van der Waals surface area contributed by atoms with Crippen LogP contribution in [0.2, 0.25) is 0 Å². The SMILES string of the molecule is Fc1ccc(CN2CCC(c3nc4ccc(N5CCOCC5)cn4n3)CC2)cc1. The fraction of sp³-hybridized carbons (Fsp3) is 0.455. The second-order valence-corrected chi connectivity index (χ2v) is 7.94. The maximum absolute atomic E-state index is 13.1. The van der Waals surface area contributed by atoms with E-state index in [4.69, 9.17) is 14.8 Å². The van der Waals surface area contributed by atoms with Crippen LogP contribution in [0, 0.1) is 5.82 Å². The number of aromatic nitrogens is 3. The molecule has 2 aliphatic rings. The van der Waals surface area contributed by atoms with E-state index in [-0.39, 0.29) is 5.82 Å². The Hall–Kier alpha value is -2.51. The van der Waals surface area contributed by atoms with Crippen LogP contribution < -0.4 is 4.90 Å². The van der Waals surface area contributed by atoms with Gasteiger partial charge in [0, 0.05) is 25.6 Å². The van der Waals surface area contributed by atoms with Crippen LogP contribution in [0.4, 0.5) is 10.1 Å². The van der Waals surface area contributed by atoms with Gasteiger partial charge in [-0.15, -0.1) is 0 Å². The maximum atomic E-state index is 13.1. The van der Waals surface area contributed by atoms with Gasteiger partial charge in [0.15, 0.2) is 11.5 Å². The molecule has 5 rings (SSSR count). The monoisotopic (exact) mass is 395 g/mol. The molecule has 0 unspecified atom stereocenters. The van der Waals surface area contributed by atoms with Crippen LogP contribution in [0.3, 0.4) is 0 Å². The molecule has 0 N–H and O–H groups in total. The standard InChI is InChI=1S/C22H26FN5O/c23-19-3-1-17(2-4-19)15-26-9-7-18(8-10-26)22-24-21-6-5-20(16-28(21)25-22)27-11-13-29-14-12-27/h1-6,16,18H,7-15H2. The number of benzene rings is 1. The molecule has 0 bridgehead atoms. The summed E-state index contributed by atoms with van der Waals surface area (Å²) < 4.78 is 20.5. The number of morpholine rings is 1. The van der Waals surface area contributed by atoms with Gasteiger partial charge >= 0.3 is 0 Å². The average molecular weight is 395 g/mol. The number of piperidine rings is 1. The molecule has 0 amide bonds. The van der Waals surface area contributed by atoms with E-state index in [0.717, 1.165) is 75.8 Å². The fourth-order valence-electron chi connectivity index (χ4n) is 4.27. The number of likely N-dealkylation sites (tertiary alicyclic amines) is 1. The Kier molecular flexibility index (Phi) is 5.16. The fourth-order valence-corrected chi connectivity index (χ4v) is 4.27. The highest BCUT2D eigenvalue weighted by molar-refractivity contribution is 5.51. The van der Waals surface area contributed by atoms with Crippen molar-refractivity contribution < 1.29 is 9.13 Å². The van der Waals surface area contributed by atoms with Crippen molar-refractivity contribution in [3.63, 3.8) is 0 Å². The molecule has 3 aromatic rings. The molecule has 2 saturated heterocycles. The summed E-state index contributed by atoms with van der Waals surface area (Å²) >= 11 is 0. The molecule has 1 aromatic carbocycles. The lowest BCUT2D eigenvalue weighted by molar-refractivity contribution is 0.122. The van der Waals surface area contributed by atoms with Gasteiger partial charge in [-0.1, -0.05) is 12.1 Å². The van der Waals surface area contributed by atoms with E-state index in [1.165, 1.54) is 17.8 Å².